The molecule has 2 rings (SSSR count). The van der Waals surface area contributed by atoms with Crippen LogP contribution in [0.5, 0.6) is 17.2 Å². The van der Waals surface area contributed by atoms with Crippen LogP contribution in [0.25, 0.3) is 0 Å². The van der Waals surface area contributed by atoms with E-state index in [-0.39, 0.29) is 23.3 Å². The second kappa shape index (κ2) is 12.2. The smallest absolute Gasteiger partial charge is 0.491 e. The van der Waals surface area contributed by atoms with Crippen molar-refractivity contribution in [1.29, 1.82) is 0 Å². The Balaban J connectivity index is 2.21. The maximum absolute atomic E-state index is 13.5. The standard InChI is InChI=1S/C21H27N2O9P/c1-15(2)30-21(24)16(3)22-33(27,31-19-7-5-17(6-8-19)23(25)26)32-20-11-9-18(10-12-20)29-14-13-28-4/h5-12,15-16H,13-14H2,1-4H3,(H,22,27)/t16-,33?/m0/s1. The Morgan fingerprint density at radius 3 is 1.97 bits per heavy atom. The lowest BCUT2D eigenvalue weighted by atomic mass is 10.3. The predicted molar refractivity (Wildman–Crippen MR) is 120 cm³/mol. The Morgan fingerprint density at radius 1 is 0.970 bits per heavy atom. The molecule has 0 aromatic heterocycles. The summed E-state index contributed by atoms with van der Waals surface area (Å²) >= 11 is 0. The zero-order valence-corrected chi connectivity index (χ0v) is 19.7. The van der Waals surface area contributed by atoms with Crippen molar-refractivity contribution in [2.75, 3.05) is 20.3 Å². The number of nitro groups is 1. The van der Waals surface area contributed by atoms with E-state index in [0.29, 0.717) is 19.0 Å². The van der Waals surface area contributed by atoms with E-state index in [2.05, 4.69) is 5.09 Å². The van der Waals surface area contributed by atoms with Gasteiger partial charge in [0.25, 0.3) is 5.69 Å². The molecule has 33 heavy (non-hydrogen) atoms. The van der Waals surface area contributed by atoms with Gasteiger partial charge in [0.15, 0.2) is 0 Å². The molecule has 0 bridgehead atoms. The number of nitro benzene ring substituents is 1. The number of esters is 1. The lowest BCUT2D eigenvalue weighted by Gasteiger charge is -2.23. The Bertz CT molecular complexity index is 965. The van der Waals surface area contributed by atoms with Gasteiger partial charge in [-0.15, -0.1) is 0 Å². The molecule has 0 amide bonds. The van der Waals surface area contributed by atoms with E-state index in [9.17, 15) is 19.5 Å². The minimum atomic E-state index is -4.18. The molecule has 0 aliphatic rings. The first-order chi connectivity index (χ1) is 15.6. The quantitative estimate of drug-likeness (QED) is 0.146. The topological polar surface area (TPSA) is 135 Å². The monoisotopic (exact) mass is 482 g/mol. The van der Waals surface area contributed by atoms with Gasteiger partial charge < -0.3 is 23.3 Å². The van der Waals surface area contributed by atoms with E-state index in [1.165, 1.54) is 43.3 Å². The Morgan fingerprint density at radius 2 is 1.48 bits per heavy atom. The zero-order valence-electron chi connectivity index (χ0n) is 18.8. The van der Waals surface area contributed by atoms with Crippen LogP contribution in [0.15, 0.2) is 48.5 Å². The van der Waals surface area contributed by atoms with Gasteiger partial charge in [0.2, 0.25) is 0 Å². The molecule has 0 spiro atoms. The highest BCUT2D eigenvalue weighted by atomic mass is 31.2. The van der Waals surface area contributed by atoms with Crippen molar-refractivity contribution in [3.05, 3.63) is 58.6 Å². The van der Waals surface area contributed by atoms with Crippen LogP contribution in [0.2, 0.25) is 0 Å². The molecule has 2 atom stereocenters. The van der Waals surface area contributed by atoms with Gasteiger partial charge in [0.1, 0.15) is 29.9 Å². The summed E-state index contributed by atoms with van der Waals surface area (Å²) in [5.74, 6) is 0.118. The zero-order chi connectivity index (χ0) is 24.4. The molecule has 0 saturated carbocycles. The summed E-state index contributed by atoms with van der Waals surface area (Å²) < 4.78 is 40.2. The van der Waals surface area contributed by atoms with Crippen molar-refractivity contribution in [2.45, 2.75) is 32.9 Å². The average Bonchev–Trinajstić information content (AvgIpc) is 2.75. The molecule has 12 heteroatoms. The first-order valence-corrected chi connectivity index (χ1v) is 11.6. The summed E-state index contributed by atoms with van der Waals surface area (Å²) in [5.41, 5.74) is -0.163. The molecule has 180 valence electrons. The molecule has 2 aromatic rings. The predicted octanol–water partition coefficient (Wildman–Crippen LogP) is 4.12. The van der Waals surface area contributed by atoms with Crippen LogP contribution in [-0.4, -0.2) is 43.4 Å². The van der Waals surface area contributed by atoms with Crippen LogP contribution in [0, 0.1) is 10.1 Å². The first-order valence-electron chi connectivity index (χ1n) is 10.1. The van der Waals surface area contributed by atoms with Gasteiger partial charge in [0.05, 0.1) is 17.6 Å². The fraction of sp³-hybridized carbons (Fsp3) is 0.381. The van der Waals surface area contributed by atoms with Gasteiger partial charge >= 0.3 is 13.7 Å². The fourth-order valence-electron chi connectivity index (χ4n) is 2.44. The summed E-state index contributed by atoms with van der Waals surface area (Å²) in [4.78, 5) is 22.5. The van der Waals surface area contributed by atoms with Crippen molar-refractivity contribution in [2.24, 2.45) is 0 Å². The number of nitrogens with one attached hydrogen (secondary N) is 1. The molecule has 0 fully saturated rings. The second-order valence-electron chi connectivity index (χ2n) is 7.08. The molecule has 0 radical (unpaired) electrons. The summed E-state index contributed by atoms with van der Waals surface area (Å²) in [6.07, 6.45) is -0.372. The van der Waals surface area contributed by atoms with Gasteiger partial charge in [-0.2, -0.15) is 5.09 Å². The summed E-state index contributed by atoms with van der Waals surface area (Å²) in [6.45, 7) is 5.60. The average molecular weight is 482 g/mol. The first kappa shape index (κ1) is 26.1. The number of rotatable bonds is 13. The number of ether oxygens (including phenoxy) is 3. The van der Waals surface area contributed by atoms with Gasteiger partial charge in [-0.1, -0.05) is 0 Å². The summed E-state index contributed by atoms with van der Waals surface area (Å²) in [5, 5.41) is 13.4. The lowest BCUT2D eigenvalue weighted by Crippen LogP contribution is -2.36. The van der Waals surface area contributed by atoms with E-state index >= 15 is 0 Å². The molecular weight excluding hydrogens is 455 g/mol. The second-order valence-corrected chi connectivity index (χ2v) is 8.70. The number of nitrogens with zero attached hydrogens (tertiary/aromatic N) is 1. The highest BCUT2D eigenvalue weighted by molar-refractivity contribution is 7.52. The van der Waals surface area contributed by atoms with Crippen LogP contribution in [-0.2, 0) is 18.8 Å². The number of benzene rings is 2. The summed E-state index contributed by atoms with van der Waals surface area (Å²) in [7, 11) is -2.61. The van der Waals surface area contributed by atoms with Gasteiger partial charge in [-0.05, 0) is 57.2 Å². The van der Waals surface area contributed by atoms with Crippen LogP contribution >= 0.6 is 7.75 Å². The third-order valence-corrected chi connectivity index (χ3v) is 5.54. The Labute approximate surface area is 191 Å². The highest BCUT2D eigenvalue weighted by Crippen LogP contribution is 2.45. The maximum atomic E-state index is 13.5. The van der Waals surface area contributed by atoms with Crippen LogP contribution in [0.3, 0.4) is 0 Å². The lowest BCUT2D eigenvalue weighted by molar-refractivity contribution is -0.384. The SMILES string of the molecule is COCCOc1ccc(OP(=O)(N[C@@H](C)C(=O)OC(C)C)Oc2ccc([N+](=O)[O-])cc2)cc1. The highest BCUT2D eigenvalue weighted by Gasteiger charge is 2.34. The van der Waals surface area contributed by atoms with Crippen molar-refractivity contribution in [1.82, 2.24) is 5.09 Å². The molecule has 0 aliphatic heterocycles. The molecule has 0 aliphatic carbocycles. The molecule has 1 N–H and O–H groups in total. The van der Waals surface area contributed by atoms with E-state index < -0.39 is 24.7 Å². The van der Waals surface area contributed by atoms with Crippen molar-refractivity contribution >= 4 is 19.4 Å². The van der Waals surface area contributed by atoms with Crippen LogP contribution < -0.4 is 18.9 Å². The number of methoxy groups -OCH3 is 1. The summed E-state index contributed by atoms with van der Waals surface area (Å²) in [6, 6.07) is 10.2. The minimum Gasteiger partial charge on any atom is -0.491 e. The largest absolute Gasteiger partial charge is 0.513 e. The Kier molecular flexibility index (Phi) is 9.65. The van der Waals surface area contributed by atoms with E-state index in [0.717, 1.165) is 0 Å². The molecule has 1 unspecified atom stereocenters. The van der Waals surface area contributed by atoms with E-state index in [1.54, 1.807) is 33.1 Å². The van der Waals surface area contributed by atoms with Gasteiger partial charge in [-0.3, -0.25) is 14.9 Å². The Hall–Kier alpha value is -3.14. The molecular formula is C21H27N2O9P. The van der Waals surface area contributed by atoms with Crippen LogP contribution in [0.4, 0.5) is 5.69 Å². The molecule has 0 saturated heterocycles. The normalized spacial score (nSPS) is 13.6. The number of hydrogen-bond donors (Lipinski definition) is 1. The molecule has 2 aromatic carbocycles. The maximum Gasteiger partial charge on any atom is 0.513 e. The fourth-order valence-corrected chi connectivity index (χ4v) is 3.96. The molecule has 0 heterocycles. The number of non-ortho nitro benzene ring substituents is 1. The minimum absolute atomic E-state index is 0.0420. The number of carbonyl (C=O) groups excluding carboxylic acids is 1. The van der Waals surface area contributed by atoms with E-state index in [1.807, 2.05) is 0 Å². The number of hydrogen-bond acceptors (Lipinski definition) is 9. The van der Waals surface area contributed by atoms with Gasteiger partial charge in [-0.25, -0.2) is 4.57 Å². The van der Waals surface area contributed by atoms with E-state index in [4.69, 9.17) is 23.3 Å². The van der Waals surface area contributed by atoms with Gasteiger partial charge in [0, 0.05) is 19.2 Å². The van der Waals surface area contributed by atoms with Crippen molar-refractivity contribution < 1.29 is 37.5 Å². The van der Waals surface area contributed by atoms with Crippen molar-refractivity contribution in [3.63, 3.8) is 0 Å². The third kappa shape index (κ3) is 8.72. The van der Waals surface area contributed by atoms with Crippen molar-refractivity contribution in [3.8, 4) is 17.2 Å². The number of carbonyl (C=O) groups is 1. The van der Waals surface area contributed by atoms with Crippen LogP contribution in [0.1, 0.15) is 20.8 Å². The third-order valence-electron chi connectivity index (χ3n) is 3.94. The molecule has 11 nitrogen and oxygen atoms in total.